The number of thioether (sulfide) groups is 1. The second kappa shape index (κ2) is 8.57. The van der Waals surface area contributed by atoms with Crippen molar-refractivity contribution in [3.8, 4) is 0 Å². The van der Waals surface area contributed by atoms with E-state index in [4.69, 9.17) is 0 Å². The van der Waals surface area contributed by atoms with Gasteiger partial charge in [-0.25, -0.2) is 9.18 Å². The fraction of sp³-hybridized carbons (Fsp3) is 0.238. The van der Waals surface area contributed by atoms with E-state index in [9.17, 15) is 14.0 Å². The molecule has 2 aromatic heterocycles. The van der Waals surface area contributed by atoms with Crippen molar-refractivity contribution in [1.29, 1.82) is 0 Å². The van der Waals surface area contributed by atoms with Crippen molar-refractivity contribution in [2.75, 3.05) is 11.1 Å². The van der Waals surface area contributed by atoms with Crippen molar-refractivity contribution in [3.05, 3.63) is 81.9 Å². The molecule has 0 saturated carbocycles. The monoisotopic (exact) mass is 410 g/mol. The van der Waals surface area contributed by atoms with Crippen molar-refractivity contribution in [1.82, 2.24) is 14.5 Å². The zero-order valence-corrected chi connectivity index (χ0v) is 16.4. The number of aromatic nitrogens is 3. The van der Waals surface area contributed by atoms with Crippen molar-refractivity contribution in [2.45, 2.75) is 30.8 Å². The third-order valence-electron chi connectivity index (χ3n) is 4.75. The van der Waals surface area contributed by atoms with Crippen molar-refractivity contribution >= 4 is 23.4 Å². The number of para-hydroxylation sites is 1. The van der Waals surface area contributed by atoms with E-state index in [1.807, 2.05) is 12.1 Å². The number of halogens is 1. The molecule has 0 unspecified atom stereocenters. The van der Waals surface area contributed by atoms with E-state index in [2.05, 4.69) is 15.3 Å². The largest absolute Gasteiger partial charge is 0.349 e. The number of nitrogens with one attached hydrogen (secondary N) is 1. The average molecular weight is 410 g/mol. The SMILES string of the molecule is O=C(CSc1nc(=O)n(Cc2cccnc2)c2c1CCC2)Nc1ccccc1F. The molecule has 1 aliphatic rings. The van der Waals surface area contributed by atoms with Crippen LogP contribution in [-0.4, -0.2) is 26.2 Å². The van der Waals surface area contributed by atoms with E-state index in [0.29, 0.717) is 11.6 Å². The Kier molecular flexibility index (Phi) is 5.71. The second-order valence-electron chi connectivity index (χ2n) is 6.74. The second-order valence-corrected chi connectivity index (χ2v) is 7.71. The summed E-state index contributed by atoms with van der Waals surface area (Å²) in [5, 5.41) is 3.15. The summed E-state index contributed by atoms with van der Waals surface area (Å²) in [4.78, 5) is 33.2. The van der Waals surface area contributed by atoms with Crippen LogP contribution in [0.25, 0.3) is 0 Å². The molecule has 1 N–H and O–H groups in total. The minimum absolute atomic E-state index is 0.0554. The molecule has 0 aliphatic heterocycles. The number of pyridine rings is 1. The van der Waals surface area contributed by atoms with E-state index in [0.717, 1.165) is 36.1 Å². The van der Waals surface area contributed by atoms with Crippen LogP contribution >= 0.6 is 11.8 Å². The van der Waals surface area contributed by atoms with E-state index < -0.39 is 5.82 Å². The number of benzene rings is 1. The molecule has 1 aliphatic carbocycles. The van der Waals surface area contributed by atoms with Gasteiger partial charge in [0.05, 0.1) is 18.0 Å². The standard InChI is InChI=1S/C21H19FN4O2S/c22-16-7-1-2-8-17(16)24-19(27)13-29-20-15-6-3-9-18(15)26(21(28)25-20)12-14-5-4-10-23-11-14/h1-2,4-5,7-8,10-11H,3,6,9,12-13H2,(H,24,27). The minimum Gasteiger partial charge on any atom is -0.323 e. The van der Waals surface area contributed by atoms with Crippen LogP contribution in [0.4, 0.5) is 10.1 Å². The van der Waals surface area contributed by atoms with Crippen LogP contribution in [0.5, 0.6) is 0 Å². The normalized spacial score (nSPS) is 12.6. The summed E-state index contributed by atoms with van der Waals surface area (Å²) in [6.07, 6.45) is 6.02. The molecule has 0 radical (unpaired) electrons. The van der Waals surface area contributed by atoms with Gasteiger partial charge in [0.2, 0.25) is 5.91 Å². The van der Waals surface area contributed by atoms with Gasteiger partial charge in [-0.2, -0.15) is 4.98 Å². The molecule has 6 nitrogen and oxygen atoms in total. The Balaban J connectivity index is 1.51. The number of fused-ring (bicyclic) bond motifs is 1. The highest BCUT2D eigenvalue weighted by Crippen LogP contribution is 2.29. The predicted molar refractivity (Wildman–Crippen MR) is 110 cm³/mol. The lowest BCUT2D eigenvalue weighted by atomic mass is 10.2. The molecule has 0 fully saturated rings. The first-order valence-electron chi connectivity index (χ1n) is 9.30. The quantitative estimate of drug-likeness (QED) is 0.499. The van der Waals surface area contributed by atoms with Gasteiger partial charge < -0.3 is 5.32 Å². The van der Waals surface area contributed by atoms with Gasteiger partial charge in [-0.1, -0.05) is 30.0 Å². The summed E-state index contributed by atoms with van der Waals surface area (Å²) < 4.78 is 15.4. The van der Waals surface area contributed by atoms with Gasteiger partial charge in [0.25, 0.3) is 0 Å². The van der Waals surface area contributed by atoms with Gasteiger partial charge in [-0.05, 0) is 43.0 Å². The Morgan fingerprint density at radius 2 is 2.07 bits per heavy atom. The fourth-order valence-electron chi connectivity index (χ4n) is 3.43. The van der Waals surface area contributed by atoms with Gasteiger partial charge in [0.15, 0.2) is 0 Å². The number of hydrogen-bond donors (Lipinski definition) is 1. The van der Waals surface area contributed by atoms with E-state index in [1.165, 1.54) is 23.9 Å². The maximum absolute atomic E-state index is 13.7. The van der Waals surface area contributed by atoms with E-state index in [-0.39, 0.29) is 23.0 Å². The minimum atomic E-state index is -0.483. The van der Waals surface area contributed by atoms with Gasteiger partial charge in [0.1, 0.15) is 10.8 Å². The fourth-order valence-corrected chi connectivity index (χ4v) is 4.30. The van der Waals surface area contributed by atoms with Gasteiger partial charge in [-0.3, -0.25) is 14.3 Å². The smallest absolute Gasteiger partial charge is 0.323 e. The van der Waals surface area contributed by atoms with Crippen LogP contribution in [-0.2, 0) is 24.2 Å². The molecular formula is C21H19FN4O2S. The van der Waals surface area contributed by atoms with Crippen molar-refractivity contribution in [3.63, 3.8) is 0 Å². The number of hydrogen-bond acceptors (Lipinski definition) is 5. The average Bonchev–Trinajstić information content (AvgIpc) is 3.21. The summed E-state index contributed by atoms with van der Waals surface area (Å²) in [6, 6.07) is 9.78. The summed E-state index contributed by atoms with van der Waals surface area (Å²) in [7, 11) is 0. The molecule has 0 spiro atoms. The van der Waals surface area contributed by atoms with Crippen LogP contribution in [0.2, 0.25) is 0 Å². The Hall–Kier alpha value is -3.00. The Morgan fingerprint density at radius 3 is 2.86 bits per heavy atom. The van der Waals surface area contributed by atoms with Crippen molar-refractivity contribution in [2.24, 2.45) is 0 Å². The molecule has 3 aromatic rings. The number of anilines is 1. The first kappa shape index (κ1) is 19.3. The summed E-state index contributed by atoms with van der Waals surface area (Å²) in [6.45, 7) is 0.431. The molecule has 148 valence electrons. The summed E-state index contributed by atoms with van der Waals surface area (Å²) in [5.74, 6) is -0.768. The van der Waals surface area contributed by atoms with Gasteiger partial charge in [-0.15, -0.1) is 0 Å². The van der Waals surface area contributed by atoms with Crippen LogP contribution in [0.15, 0.2) is 58.6 Å². The van der Waals surface area contributed by atoms with Crippen LogP contribution in [0, 0.1) is 5.82 Å². The molecular weight excluding hydrogens is 391 g/mol. The third kappa shape index (κ3) is 4.37. The molecule has 1 amide bonds. The lowest BCUT2D eigenvalue weighted by Crippen LogP contribution is -2.28. The summed E-state index contributed by atoms with van der Waals surface area (Å²) >= 11 is 1.22. The first-order chi connectivity index (χ1) is 14.1. The van der Waals surface area contributed by atoms with E-state index in [1.54, 1.807) is 29.1 Å². The first-order valence-corrected chi connectivity index (χ1v) is 10.3. The van der Waals surface area contributed by atoms with Crippen LogP contribution < -0.4 is 11.0 Å². The van der Waals surface area contributed by atoms with Crippen LogP contribution in [0.1, 0.15) is 23.2 Å². The molecule has 0 bridgehead atoms. The zero-order chi connectivity index (χ0) is 20.2. The number of carbonyl (C=O) groups excluding carboxylic acids is 1. The maximum atomic E-state index is 13.7. The lowest BCUT2D eigenvalue weighted by Gasteiger charge is -2.14. The predicted octanol–water partition coefficient (Wildman–Crippen LogP) is 3.05. The third-order valence-corrected chi connectivity index (χ3v) is 5.77. The molecule has 0 atom stereocenters. The highest BCUT2D eigenvalue weighted by atomic mass is 32.2. The number of amides is 1. The Morgan fingerprint density at radius 1 is 1.21 bits per heavy atom. The maximum Gasteiger partial charge on any atom is 0.349 e. The highest BCUT2D eigenvalue weighted by molar-refractivity contribution is 8.00. The van der Waals surface area contributed by atoms with Gasteiger partial charge in [0, 0.05) is 23.7 Å². The summed E-state index contributed by atoms with van der Waals surface area (Å²) in [5.41, 5.74) is 2.76. The highest BCUT2D eigenvalue weighted by Gasteiger charge is 2.22. The van der Waals surface area contributed by atoms with Crippen molar-refractivity contribution < 1.29 is 9.18 Å². The number of rotatable bonds is 6. The van der Waals surface area contributed by atoms with E-state index >= 15 is 0 Å². The Bertz CT molecular complexity index is 1100. The topological polar surface area (TPSA) is 76.9 Å². The number of carbonyl (C=O) groups is 1. The molecule has 4 rings (SSSR count). The lowest BCUT2D eigenvalue weighted by molar-refractivity contribution is -0.113. The van der Waals surface area contributed by atoms with Crippen LogP contribution in [0.3, 0.4) is 0 Å². The Labute approximate surface area is 171 Å². The molecule has 29 heavy (non-hydrogen) atoms. The molecule has 0 saturated heterocycles. The van der Waals surface area contributed by atoms with Gasteiger partial charge >= 0.3 is 5.69 Å². The molecule has 2 heterocycles. The molecule has 1 aromatic carbocycles. The zero-order valence-electron chi connectivity index (χ0n) is 15.6. The number of nitrogens with zero attached hydrogens (tertiary/aromatic N) is 3. The molecule has 8 heteroatoms.